The number of ketones is 1. The number of benzene rings is 2. The Morgan fingerprint density at radius 3 is 2.43 bits per heavy atom. The zero-order valence-corrected chi connectivity index (χ0v) is 17.5. The van der Waals surface area contributed by atoms with Crippen LogP contribution in [-0.2, 0) is 19.6 Å². The number of aryl methyl sites for hydroxylation is 1. The summed E-state index contributed by atoms with van der Waals surface area (Å²) in [6.07, 6.45) is 0.742. The van der Waals surface area contributed by atoms with Gasteiger partial charge in [0.2, 0.25) is 10.0 Å². The van der Waals surface area contributed by atoms with Gasteiger partial charge in [-0.3, -0.25) is 9.59 Å². The summed E-state index contributed by atoms with van der Waals surface area (Å²) in [5.41, 5.74) is 1.22. The Balaban J connectivity index is 1.57. The Labute approximate surface area is 175 Å². The van der Waals surface area contributed by atoms with Crippen LogP contribution in [0.2, 0.25) is 0 Å². The fraction of sp³-hybridized carbons (Fsp3) is 0.333. The minimum Gasteiger partial charge on any atom is -0.490 e. The Bertz CT molecular complexity index is 1030. The average molecular weight is 433 g/mol. The molecule has 0 amide bonds. The number of rotatable bonds is 7. The quantitative estimate of drug-likeness (QED) is 0.527. The number of fused-ring (bicyclic) bond motifs is 1. The van der Waals surface area contributed by atoms with E-state index in [9.17, 15) is 18.0 Å². The monoisotopic (exact) mass is 433 g/mol. The van der Waals surface area contributed by atoms with Gasteiger partial charge in [-0.2, -0.15) is 4.72 Å². The molecule has 0 fully saturated rings. The summed E-state index contributed by atoms with van der Waals surface area (Å²) in [6, 6.07) is 9.79. The van der Waals surface area contributed by atoms with Crippen molar-refractivity contribution in [3.8, 4) is 11.5 Å². The molecule has 30 heavy (non-hydrogen) atoms. The first kappa shape index (κ1) is 21.8. The molecule has 1 atom stereocenters. The minimum atomic E-state index is -3.89. The van der Waals surface area contributed by atoms with Gasteiger partial charge < -0.3 is 14.2 Å². The SMILES string of the molecule is Cc1ccc(S(=O)(=O)N[C@@H](C)C(=O)OCC(=O)c2ccc3c(c2)OCCCO3)cc1. The topological polar surface area (TPSA) is 108 Å². The van der Waals surface area contributed by atoms with Gasteiger partial charge in [0.25, 0.3) is 0 Å². The minimum absolute atomic E-state index is 0.0380. The normalized spacial score (nSPS) is 14.5. The molecule has 0 saturated heterocycles. The van der Waals surface area contributed by atoms with Crippen molar-refractivity contribution >= 4 is 21.8 Å². The lowest BCUT2D eigenvalue weighted by atomic mass is 10.1. The zero-order chi connectivity index (χ0) is 21.7. The summed E-state index contributed by atoms with van der Waals surface area (Å²) in [4.78, 5) is 24.6. The third-order valence-corrected chi connectivity index (χ3v) is 5.99. The molecule has 160 valence electrons. The van der Waals surface area contributed by atoms with Crippen LogP contribution in [0.25, 0.3) is 0 Å². The lowest BCUT2D eigenvalue weighted by Gasteiger charge is -2.14. The van der Waals surface area contributed by atoms with Crippen LogP contribution in [0.5, 0.6) is 11.5 Å². The number of ether oxygens (including phenoxy) is 3. The van der Waals surface area contributed by atoms with Crippen LogP contribution in [0.1, 0.15) is 29.3 Å². The number of Topliss-reactive ketones (excluding diaryl/α,β-unsaturated/α-hetero) is 1. The van der Waals surface area contributed by atoms with E-state index in [0.29, 0.717) is 30.3 Å². The van der Waals surface area contributed by atoms with Crippen LogP contribution >= 0.6 is 0 Å². The van der Waals surface area contributed by atoms with Crippen molar-refractivity contribution in [3.05, 3.63) is 53.6 Å². The van der Waals surface area contributed by atoms with Crippen molar-refractivity contribution in [2.75, 3.05) is 19.8 Å². The molecule has 0 aromatic heterocycles. The van der Waals surface area contributed by atoms with Crippen molar-refractivity contribution < 1.29 is 32.2 Å². The van der Waals surface area contributed by atoms with Crippen molar-refractivity contribution in [3.63, 3.8) is 0 Å². The van der Waals surface area contributed by atoms with E-state index >= 15 is 0 Å². The highest BCUT2D eigenvalue weighted by atomic mass is 32.2. The van der Waals surface area contributed by atoms with Crippen LogP contribution in [0, 0.1) is 6.92 Å². The second-order valence-electron chi connectivity index (χ2n) is 6.90. The fourth-order valence-corrected chi connectivity index (χ4v) is 3.94. The fourth-order valence-electron chi connectivity index (χ4n) is 2.75. The van der Waals surface area contributed by atoms with Gasteiger partial charge in [-0.15, -0.1) is 0 Å². The smallest absolute Gasteiger partial charge is 0.324 e. The van der Waals surface area contributed by atoms with Gasteiger partial charge in [-0.1, -0.05) is 17.7 Å². The highest BCUT2D eigenvalue weighted by Gasteiger charge is 2.24. The van der Waals surface area contributed by atoms with Gasteiger partial charge in [-0.25, -0.2) is 8.42 Å². The van der Waals surface area contributed by atoms with Crippen molar-refractivity contribution in [2.24, 2.45) is 0 Å². The van der Waals surface area contributed by atoms with Crippen LogP contribution in [0.3, 0.4) is 0 Å². The standard InChI is InChI=1S/C21H23NO7S/c1-14-4-7-17(8-5-14)30(25,26)22-15(2)21(24)29-13-18(23)16-6-9-19-20(12-16)28-11-3-10-27-19/h4-9,12,15,22H,3,10-11,13H2,1-2H3/t15-/m0/s1. The Morgan fingerprint density at radius 2 is 1.73 bits per heavy atom. The molecule has 1 N–H and O–H groups in total. The molecule has 0 radical (unpaired) electrons. The van der Waals surface area contributed by atoms with E-state index in [4.69, 9.17) is 14.2 Å². The highest BCUT2D eigenvalue weighted by molar-refractivity contribution is 7.89. The second-order valence-corrected chi connectivity index (χ2v) is 8.61. The summed E-state index contributed by atoms with van der Waals surface area (Å²) in [7, 11) is -3.89. The van der Waals surface area contributed by atoms with Crippen molar-refractivity contribution in [2.45, 2.75) is 31.2 Å². The molecule has 3 rings (SSSR count). The molecule has 1 aliphatic heterocycles. The third kappa shape index (κ3) is 5.37. The highest BCUT2D eigenvalue weighted by Crippen LogP contribution is 2.30. The van der Waals surface area contributed by atoms with E-state index < -0.39 is 34.4 Å². The third-order valence-electron chi connectivity index (χ3n) is 4.43. The molecule has 0 spiro atoms. The Kier molecular flexibility index (Phi) is 6.73. The predicted octanol–water partition coefficient (Wildman–Crippen LogP) is 2.25. The van der Waals surface area contributed by atoms with Crippen molar-refractivity contribution in [1.82, 2.24) is 4.72 Å². The molecular formula is C21H23NO7S. The average Bonchev–Trinajstić information content (AvgIpc) is 2.96. The molecule has 2 aromatic rings. The molecule has 1 heterocycles. The zero-order valence-electron chi connectivity index (χ0n) is 16.7. The van der Waals surface area contributed by atoms with Gasteiger partial charge in [0.1, 0.15) is 6.04 Å². The van der Waals surface area contributed by atoms with Crippen molar-refractivity contribution in [1.29, 1.82) is 0 Å². The Hall–Kier alpha value is -2.91. The largest absolute Gasteiger partial charge is 0.490 e. The predicted molar refractivity (Wildman–Crippen MR) is 108 cm³/mol. The maximum absolute atomic E-state index is 12.4. The number of carbonyl (C=O) groups is 2. The molecule has 8 nitrogen and oxygen atoms in total. The molecule has 2 aromatic carbocycles. The second kappa shape index (κ2) is 9.27. The van der Waals surface area contributed by atoms with E-state index in [2.05, 4.69) is 4.72 Å². The number of sulfonamides is 1. The maximum atomic E-state index is 12.4. The first-order chi connectivity index (χ1) is 14.3. The number of nitrogens with one attached hydrogen (secondary N) is 1. The molecule has 0 aliphatic carbocycles. The van der Waals surface area contributed by atoms with Crippen LogP contribution < -0.4 is 14.2 Å². The summed E-state index contributed by atoms with van der Waals surface area (Å²) < 4.78 is 43.1. The van der Waals surface area contributed by atoms with E-state index in [1.807, 2.05) is 6.92 Å². The van der Waals surface area contributed by atoms with Crippen LogP contribution in [0.4, 0.5) is 0 Å². The van der Waals surface area contributed by atoms with E-state index in [0.717, 1.165) is 12.0 Å². The van der Waals surface area contributed by atoms with Gasteiger partial charge in [0.05, 0.1) is 18.1 Å². The summed E-state index contributed by atoms with van der Waals surface area (Å²) in [6.45, 7) is 3.69. The van der Waals surface area contributed by atoms with E-state index in [-0.39, 0.29) is 4.90 Å². The lowest BCUT2D eigenvalue weighted by Crippen LogP contribution is -2.40. The summed E-state index contributed by atoms with van der Waals surface area (Å²) in [5, 5.41) is 0. The summed E-state index contributed by atoms with van der Waals surface area (Å²) >= 11 is 0. The molecule has 1 aliphatic rings. The molecule has 9 heteroatoms. The number of carbonyl (C=O) groups excluding carboxylic acids is 2. The molecule has 0 unspecified atom stereocenters. The van der Waals surface area contributed by atoms with E-state index in [1.165, 1.54) is 19.1 Å². The summed E-state index contributed by atoms with van der Waals surface area (Å²) in [5.74, 6) is -0.273. The number of hydrogen-bond donors (Lipinski definition) is 1. The molecular weight excluding hydrogens is 410 g/mol. The number of hydrogen-bond acceptors (Lipinski definition) is 7. The van der Waals surface area contributed by atoms with Gasteiger partial charge in [0.15, 0.2) is 23.9 Å². The molecule has 0 saturated carbocycles. The van der Waals surface area contributed by atoms with Crippen LogP contribution in [0.15, 0.2) is 47.4 Å². The maximum Gasteiger partial charge on any atom is 0.324 e. The van der Waals surface area contributed by atoms with Crippen LogP contribution in [-0.4, -0.2) is 46.0 Å². The number of esters is 1. The Morgan fingerprint density at radius 1 is 1.07 bits per heavy atom. The van der Waals surface area contributed by atoms with Gasteiger partial charge in [-0.05, 0) is 44.2 Å². The van der Waals surface area contributed by atoms with Gasteiger partial charge >= 0.3 is 5.97 Å². The van der Waals surface area contributed by atoms with Gasteiger partial charge in [0, 0.05) is 12.0 Å². The molecule has 0 bridgehead atoms. The first-order valence-corrected chi connectivity index (χ1v) is 10.9. The lowest BCUT2D eigenvalue weighted by molar-refractivity contribution is -0.144. The first-order valence-electron chi connectivity index (χ1n) is 9.45. The van der Waals surface area contributed by atoms with E-state index in [1.54, 1.807) is 30.3 Å².